The number of phenols is 2. The minimum absolute atomic E-state index is 0.0164. The molecule has 0 atom stereocenters. The molecule has 1 fully saturated rings. The van der Waals surface area contributed by atoms with Crippen LogP contribution in [0.3, 0.4) is 0 Å². The number of hydrogen-bond donors (Lipinski definition) is 3. The molecule has 0 unspecified atom stereocenters. The SMILES string of the molecule is CC(C)(C)c1cc(CN2CCN(Cc3cc(C(C)(C)C)cc(C(C)(C)C)c3O)CCN(Cc3cc(C(C)(C)C)cc(C(C)(C)C)c3S)CC2)c(O)c(C(C)(C)C)c1. The van der Waals surface area contributed by atoms with Gasteiger partial charge in [0.15, 0.2) is 0 Å². The highest BCUT2D eigenvalue weighted by atomic mass is 32.1. The molecule has 4 rings (SSSR count). The second kappa shape index (κ2) is 16.9. The van der Waals surface area contributed by atoms with Gasteiger partial charge < -0.3 is 10.2 Å². The standard InChI is InChI=1S/C51H81N3O2S/c1-46(2,3)37-25-34(43(55)40(28-37)49(10,11)12)31-52-19-20-53(32-35-26-38(47(4,5)6)29-41(44(35)56)50(13,14)15)22-24-54(23-21-52)33-36-27-39(48(7,8)9)30-42(45(36)57)51(16,17)18/h25-30,55-57H,19-24,31-33H2,1-18H3. The third-order valence-electron chi connectivity index (χ3n) is 12.0. The normalized spacial score (nSPS) is 16.8. The summed E-state index contributed by atoms with van der Waals surface area (Å²) in [5.74, 6) is 0.854. The zero-order valence-electron chi connectivity index (χ0n) is 39.5. The Labute approximate surface area is 355 Å². The van der Waals surface area contributed by atoms with Gasteiger partial charge in [-0.05, 0) is 71.4 Å². The van der Waals surface area contributed by atoms with E-state index >= 15 is 0 Å². The van der Waals surface area contributed by atoms with Gasteiger partial charge in [0.1, 0.15) is 11.5 Å². The Hall–Kier alpha value is -2.51. The van der Waals surface area contributed by atoms with Gasteiger partial charge in [-0.1, -0.05) is 161 Å². The lowest BCUT2D eigenvalue weighted by molar-refractivity contribution is 0.206. The highest BCUT2D eigenvalue weighted by molar-refractivity contribution is 7.80. The van der Waals surface area contributed by atoms with Crippen molar-refractivity contribution in [2.75, 3.05) is 39.3 Å². The lowest BCUT2D eigenvalue weighted by Gasteiger charge is -2.31. The molecule has 0 aromatic heterocycles. The lowest BCUT2D eigenvalue weighted by atomic mass is 9.79. The van der Waals surface area contributed by atoms with Crippen molar-refractivity contribution in [3.05, 3.63) is 86.5 Å². The van der Waals surface area contributed by atoms with Crippen LogP contribution in [0.5, 0.6) is 11.5 Å². The van der Waals surface area contributed by atoms with Gasteiger partial charge in [-0.25, -0.2) is 0 Å². The number of benzene rings is 3. The van der Waals surface area contributed by atoms with Crippen molar-refractivity contribution in [2.24, 2.45) is 0 Å². The number of nitrogens with zero attached hydrogens (tertiary/aromatic N) is 3. The maximum Gasteiger partial charge on any atom is 0.123 e. The van der Waals surface area contributed by atoms with E-state index in [9.17, 15) is 10.2 Å². The second-order valence-corrected chi connectivity index (χ2v) is 23.9. The lowest BCUT2D eigenvalue weighted by Crippen LogP contribution is -2.36. The molecule has 57 heavy (non-hydrogen) atoms. The van der Waals surface area contributed by atoms with Crippen LogP contribution in [0.15, 0.2) is 41.3 Å². The van der Waals surface area contributed by atoms with Crippen molar-refractivity contribution >= 4 is 12.6 Å². The first-order valence-corrected chi connectivity index (χ1v) is 22.0. The molecule has 1 heterocycles. The first kappa shape index (κ1) is 47.2. The van der Waals surface area contributed by atoms with E-state index < -0.39 is 0 Å². The molecule has 1 saturated heterocycles. The number of hydrogen-bond acceptors (Lipinski definition) is 6. The maximum atomic E-state index is 11.9. The third kappa shape index (κ3) is 12.0. The predicted molar refractivity (Wildman–Crippen MR) is 248 cm³/mol. The minimum Gasteiger partial charge on any atom is -0.507 e. The third-order valence-corrected chi connectivity index (χ3v) is 12.5. The fraction of sp³-hybridized carbons (Fsp3) is 0.647. The van der Waals surface area contributed by atoms with E-state index in [0.717, 1.165) is 73.0 Å². The van der Waals surface area contributed by atoms with Gasteiger partial charge in [-0.15, -0.1) is 12.6 Å². The average Bonchev–Trinajstić information content (AvgIpc) is 3.11. The van der Waals surface area contributed by atoms with E-state index in [1.54, 1.807) is 0 Å². The molecule has 2 N–H and O–H groups in total. The molecule has 1 aliphatic heterocycles. The van der Waals surface area contributed by atoms with Crippen LogP contribution in [0, 0.1) is 0 Å². The van der Waals surface area contributed by atoms with E-state index in [4.69, 9.17) is 12.6 Å². The summed E-state index contributed by atoms with van der Waals surface area (Å²) in [5.41, 5.74) is 9.99. The Morgan fingerprint density at radius 2 is 0.632 bits per heavy atom. The molecule has 3 aromatic carbocycles. The van der Waals surface area contributed by atoms with E-state index in [1.807, 2.05) is 0 Å². The highest BCUT2D eigenvalue weighted by Gasteiger charge is 2.30. The van der Waals surface area contributed by atoms with Crippen molar-refractivity contribution in [3.8, 4) is 11.5 Å². The molecule has 5 nitrogen and oxygen atoms in total. The monoisotopic (exact) mass is 800 g/mol. The Morgan fingerprint density at radius 3 is 0.895 bits per heavy atom. The van der Waals surface area contributed by atoms with E-state index in [2.05, 4.69) is 176 Å². The quantitative estimate of drug-likeness (QED) is 0.217. The number of aromatic hydroxyl groups is 2. The summed E-state index contributed by atoms with van der Waals surface area (Å²) < 4.78 is 0. The minimum atomic E-state index is -0.186. The maximum absolute atomic E-state index is 11.9. The largest absolute Gasteiger partial charge is 0.507 e. The first-order chi connectivity index (χ1) is 25.8. The van der Waals surface area contributed by atoms with Crippen molar-refractivity contribution in [3.63, 3.8) is 0 Å². The smallest absolute Gasteiger partial charge is 0.123 e. The summed E-state index contributed by atoms with van der Waals surface area (Å²) in [5, 5.41) is 23.7. The van der Waals surface area contributed by atoms with Crippen LogP contribution in [-0.2, 0) is 52.1 Å². The second-order valence-electron chi connectivity index (χ2n) is 23.4. The molecular weight excluding hydrogens is 719 g/mol. The van der Waals surface area contributed by atoms with Crippen molar-refractivity contribution in [1.82, 2.24) is 14.7 Å². The fourth-order valence-corrected chi connectivity index (χ4v) is 8.38. The molecule has 3 aromatic rings. The summed E-state index contributed by atoms with van der Waals surface area (Å²) in [6.07, 6.45) is 0. The Kier molecular flexibility index (Phi) is 14.0. The molecule has 0 radical (unpaired) electrons. The van der Waals surface area contributed by atoms with Crippen LogP contribution in [-0.4, -0.2) is 64.2 Å². The number of thiol groups is 1. The van der Waals surface area contributed by atoms with Gasteiger partial charge in [0, 0.05) is 74.9 Å². The van der Waals surface area contributed by atoms with Gasteiger partial charge in [-0.3, -0.25) is 14.7 Å². The van der Waals surface area contributed by atoms with Crippen LogP contribution in [0.4, 0.5) is 0 Å². The molecular formula is C51H81N3O2S. The molecule has 0 bridgehead atoms. The zero-order chi connectivity index (χ0) is 43.3. The van der Waals surface area contributed by atoms with E-state index in [0.29, 0.717) is 24.6 Å². The molecule has 6 heteroatoms. The molecule has 0 spiro atoms. The Morgan fingerprint density at radius 1 is 0.386 bits per heavy atom. The molecule has 0 amide bonds. The summed E-state index contributed by atoms with van der Waals surface area (Å²) in [6.45, 7) is 47.9. The molecule has 0 aliphatic carbocycles. The summed E-state index contributed by atoms with van der Waals surface area (Å²) >= 11 is 5.23. The van der Waals surface area contributed by atoms with Crippen LogP contribution in [0.1, 0.15) is 175 Å². The van der Waals surface area contributed by atoms with Gasteiger partial charge in [0.05, 0.1) is 0 Å². The summed E-state index contributed by atoms with van der Waals surface area (Å²) in [7, 11) is 0. The molecule has 318 valence electrons. The van der Waals surface area contributed by atoms with Crippen LogP contribution in [0.25, 0.3) is 0 Å². The summed E-state index contributed by atoms with van der Waals surface area (Å²) in [6, 6.07) is 13.7. The molecule has 1 aliphatic rings. The zero-order valence-corrected chi connectivity index (χ0v) is 40.4. The Bertz CT molecular complexity index is 1640. The van der Waals surface area contributed by atoms with Gasteiger partial charge >= 0.3 is 0 Å². The first-order valence-electron chi connectivity index (χ1n) is 21.5. The topological polar surface area (TPSA) is 50.2 Å². The van der Waals surface area contributed by atoms with Gasteiger partial charge in [-0.2, -0.15) is 0 Å². The van der Waals surface area contributed by atoms with E-state index in [1.165, 1.54) is 27.8 Å². The van der Waals surface area contributed by atoms with Crippen molar-refractivity contribution in [2.45, 2.75) is 182 Å². The van der Waals surface area contributed by atoms with Gasteiger partial charge in [0.25, 0.3) is 0 Å². The van der Waals surface area contributed by atoms with Crippen molar-refractivity contribution in [1.29, 1.82) is 0 Å². The van der Waals surface area contributed by atoms with Crippen LogP contribution < -0.4 is 0 Å². The van der Waals surface area contributed by atoms with E-state index in [-0.39, 0.29) is 32.5 Å². The predicted octanol–water partition coefficient (Wildman–Crippen LogP) is 12.0. The fourth-order valence-electron chi connectivity index (χ4n) is 7.84. The number of phenolic OH excluding ortho intramolecular Hbond substituents is 2. The van der Waals surface area contributed by atoms with Crippen molar-refractivity contribution < 1.29 is 10.2 Å². The number of rotatable bonds is 6. The van der Waals surface area contributed by atoms with Crippen LogP contribution in [0.2, 0.25) is 0 Å². The summed E-state index contributed by atoms with van der Waals surface area (Å²) in [4.78, 5) is 8.79. The molecule has 0 saturated carbocycles. The van der Waals surface area contributed by atoms with Crippen LogP contribution >= 0.6 is 12.6 Å². The average molecular weight is 800 g/mol. The Balaban J connectivity index is 1.80. The van der Waals surface area contributed by atoms with Gasteiger partial charge in [0.2, 0.25) is 0 Å². The highest BCUT2D eigenvalue weighted by Crippen LogP contribution is 2.41.